The van der Waals surface area contributed by atoms with Gasteiger partial charge in [-0.05, 0) is 55.8 Å². The molecule has 2 heterocycles. The van der Waals surface area contributed by atoms with Crippen molar-refractivity contribution >= 4 is 0 Å². The Morgan fingerprint density at radius 2 is 1.95 bits per heavy atom. The number of nitrogens with one attached hydrogen (secondary N) is 1. The number of pyridine rings is 1. The number of nitrogens with zero attached hydrogens (tertiary/aromatic N) is 2. The van der Waals surface area contributed by atoms with E-state index in [9.17, 15) is 0 Å². The first-order valence-corrected chi connectivity index (χ1v) is 8.18. The molecule has 1 saturated heterocycles. The monoisotopic (exact) mass is 273 g/mol. The second kappa shape index (κ2) is 6.68. The van der Waals surface area contributed by atoms with Gasteiger partial charge in [0.2, 0.25) is 0 Å². The summed E-state index contributed by atoms with van der Waals surface area (Å²) < 4.78 is 0. The summed E-state index contributed by atoms with van der Waals surface area (Å²) in [5.41, 5.74) is 2.02. The molecule has 110 valence electrons. The molecule has 1 saturated carbocycles. The maximum Gasteiger partial charge on any atom is 0.0312 e. The van der Waals surface area contributed by atoms with E-state index in [2.05, 4.69) is 21.3 Å². The van der Waals surface area contributed by atoms with Crippen LogP contribution < -0.4 is 5.32 Å². The number of hydrogen-bond donors (Lipinski definition) is 1. The summed E-state index contributed by atoms with van der Waals surface area (Å²) in [6, 6.07) is 4.13. The minimum absolute atomic E-state index is 0.750. The smallest absolute Gasteiger partial charge is 0.0312 e. The van der Waals surface area contributed by atoms with E-state index in [0.29, 0.717) is 0 Å². The highest BCUT2D eigenvalue weighted by molar-refractivity contribution is 5.07. The van der Waals surface area contributed by atoms with E-state index in [0.717, 1.165) is 18.5 Å². The molecule has 3 rings (SSSR count). The molecule has 0 atom stereocenters. The molecule has 1 aliphatic carbocycles. The average Bonchev–Trinajstić information content (AvgIpc) is 2.95. The molecule has 1 aromatic rings. The van der Waals surface area contributed by atoms with Gasteiger partial charge in [0.25, 0.3) is 0 Å². The van der Waals surface area contributed by atoms with Gasteiger partial charge in [-0.1, -0.05) is 18.9 Å². The van der Waals surface area contributed by atoms with E-state index in [4.69, 9.17) is 0 Å². The van der Waals surface area contributed by atoms with Crippen LogP contribution in [0.3, 0.4) is 0 Å². The first-order chi connectivity index (χ1) is 9.86. The highest BCUT2D eigenvalue weighted by Gasteiger charge is 2.36. The molecule has 2 fully saturated rings. The maximum absolute atomic E-state index is 4.14. The molecule has 3 nitrogen and oxygen atoms in total. The van der Waals surface area contributed by atoms with Gasteiger partial charge in [-0.3, -0.25) is 4.98 Å². The summed E-state index contributed by atoms with van der Waals surface area (Å²) in [4.78, 5) is 6.78. The summed E-state index contributed by atoms with van der Waals surface area (Å²) in [5.74, 6) is 0. The number of likely N-dealkylation sites (tertiary alicyclic amines) is 1. The Hall–Kier alpha value is -0.930. The molecule has 0 bridgehead atoms. The molecule has 0 amide bonds. The fraction of sp³-hybridized carbons (Fsp3) is 0.706. The zero-order valence-electron chi connectivity index (χ0n) is 12.5. The van der Waals surface area contributed by atoms with Gasteiger partial charge in [-0.15, -0.1) is 0 Å². The molecule has 3 heteroatoms. The van der Waals surface area contributed by atoms with Gasteiger partial charge in [-0.2, -0.15) is 0 Å². The largest absolute Gasteiger partial charge is 0.311 e. The van der Waals surface area contributed by atoms with Crippen molar-refractivity contribution in [2.24, 2.45) is 5.41 Å². The highest BCUT2D eigenvalue weighted by Crippen LogP contribution is 2.45. The predicted molar refractivity (Wildman–Crippen MR) is 82.5 cm³/mol. The summed E-state index contributed by atoms with van der Waals surface area (Å²) in [6.45, 7) is 5.84. The summed E-state index contributed by atoms with van der Waals surface area (Å²) >= 11 is 0. The van der Waals surface area contributed by atoms with E-state index in [1.165, 1.54) is 63.7 Å². The van der Waals surface area contributed by atoms with Crippen LogP contribution in [0.1, 0.15) is 44.1 Å². The van der Waals surface area contributed by atoms with E-state index in [1.54, 1.807) is 0 Å². The zero-order chi connectivity index (χ0) is 13.7. The molecule has 1 spiro atoms. The first-order valence-electron chi connectivity index (χ1n) is 8.18. The average molecular weight is 273 g/mol. The predicted octanol–water partition coefficient (Wildman–Crippen LogP) is 2.83. The topological polar surface area (TPSA) is 28.2 Å². The van der Waals surface area contributed by atoms with Crippen molar-refractivity contribution in [3.8, 4) is 0 Å². The van der Waals surface area contributed by atoms with Crippen LogP contribution in [0, 0.1) is 5.41 Å². The van der Waals surface area contributed by atoms with Crippen molar-refractivity contribution < 1.29 is 0 Å². The maximum atomic E-state index is 4.14. The number of aromatic nitrogens is 1. The molecule has 0 aromatic carbocycles. The first kappa shape index (κ1) is 14.0. The summed E-state index contributed by atoms with van der Waals surface area (Å²) in [7, 11) is 0. The zero-order valence-corrected chi connectivity index (χ0v) is 12.5. The third-order valence-corrected chi connectivity index (χ3v) is 5.24. The van der Waals surface area contributed by atoms with Crippen molar-refractivity contribution in [2.45, 2.75) is 45.1 Å². The van der Waals surface area contributed by atoms with Gasteiger partial charge in [0.15, 0.2) is 0 Å². The van der Waals surface area contributed by atoms with Gasteiger partial charge in [0.05, 0.1) is 0 Å². The van der Waals surface area contributed by atoms with Crippen LogP contribution >= 0.6 is 0 Å². The van der Waals surface area contributed by atoms with Gasteiger partial charge in [-0.25, -0.2) is 0 Å². The van der Waals surface area contributed by atoms with Crippen LogP contribution in [0.4, 0.5) is 0 Å². The van der Waals surface area contributed by atoms with Gasteiger partial charge < -0.3 is 10.2 Å². The van der Waals surface area contributed by atoms with Gasteiger partial charge in [0, 0.05) is 32.0 Å². The van der Waals surface area contributed by atoms with Crippen molar-refractivity contribution in [1.82, 2.24) is 15.2 Å². The van der Waals surface area contributed by atoms with Crippen molar-refractivity contribution in [3.63, 3.8) is 0 Å². The highest BCUT2D eigenvalue weighted by atomic mass is 15.1. The lowest BCUT2D eigenvalue weighted by Gasteiger charge is -2.39. The quantitative estimate of drug-likeness (QED) is 0.836. The lowest BCUT2D eigenvalue weighted by molar-refractivity contribution is 0.109. The standard InChI is InChI=1S/C17H27N3/c1-2-6-17(5-1)7-11-20(12-8-17)13-10-19-15-16-4-3-9-18-14-16/h3-4,9,14,19H,1-2,5-8,10-13,15H2. The van der Waals surface area contributed by atoms with Crippen LogP contribution in [-0.4, -0.2) is 36.1 Å². The van der Waals surface area contributed by atoms with Crippen LogP contribution in [-0.2, 0) is 6.54 Å². The Morgan fingerprint density at radius 1 is 1.15 bits per heavy atom. The van der Waals surface area contributed by atoms with E-state index < -0.39 is 0 Å². The van der Waals surface area contributed by atoms with Crippen molar-refractivity contribution in [2.75, 3.05) is 26.2 Å². The minimum Gasteiger partial charge on any atom is -0.311 e. The summed E-state index contributed by atoms with van der Waals surface area (Å²) in [5, 5.41) is 3.53. The molecule has 1 aliphatic heterocycles. The van der Waals surface area contributed by atoms with Crippen LogP contribution in [0.15, 0.2) is 24.5 Å². The third-order valence-electron chi connectivity index (χ3n) is 5.24. The lowest BCUT2D eigenvalue weighted by atomic mass is 9.77. The molecular weight excluding hydrogens is 246 g/mol. The van der Waals surface area contributed by atoms with Crippen molar-refractivity contribution in [1.29, 1.82) is 0 Å². The normalized spacial score (nSPS) is 22.4. The third kappa shape index (κ3) is 3.58. The van der Waals surface area contributed by atoms with Crippen LogP contribution in [0.25, 0.3) is 0 Å². The molecular formula is C17H27N3. The molecule has 0 unspecified atom stereocenters. The Balaban J connectivity index is 1.32. The number of rotatable bonds is 5. The Labute approximate surface area is 122 Å². The van der Waals surface area contributed by atoms with Crippen molar-refractivity contribution in [3.05, 3.63) is 30.1 Å². The Kier molecular flexibility index (Phi) is 4.69. The minimum atomic E-state index is 0.750. The van der Waals surface area contributed by atoms with Crippen LogP contribution in [0.2, 0.25) is 0 Å². The number of piperidine rings is 1. The second-order valence-electron chi connectivity index (χ2n) is 6.59. The fourth-order valence-electron chi connectivity index (χ4n) is 3.85. The van der Waals surface area contributed by atoms with E-state index in [-0.39, 0.29) is 0 Å². The molecule has 0 radical (unpaired) electrons. The van der Waals surface area contributed by atoms with Crippen LogP contribution in [0.5, 0.6) is 0 Å². The molecule has 1 N–H and O–H groups in total. The lowest BCUT2D eigenvalue weighted by Crippen LogP contribution is -2.41. The van der Waals surface area contributed by atoms with E-state index >= 15 is 0 Å². The Bertz CT molecular complexity index is 388. The summed E-state index contributed by atoms with van der Waals surface area (Å²) in [6.07, 6.45) is 12.6. The molecule has 20 heavy (non-hydrogen) atoms. The Morgan fingerprint density at radius 3 is 2.65 bits per heavy atom. The fourth-order valence-corrected chi connectivity index (χ4v) is 3.85. The van der Waals surface area contributed by atoms with Gasteiger partial charge in [0.1, 0.15) is 0 Å². The molecule has 1 aromatic heterocycles. The number of hydrogen-bond acceptors (Lipinski definition) is 3. The molecule has 2 aliphatic rings. The van der Waals surface area contributed by atoms with Gasteiger partial charge >= 0.3 is 0 Å². The SMILES string of the molecule is c1cncc(CNCCN2CCC3(CCCC3)CC2)c1. The second-order valence-corrected chi connectivity index (χ2v) is 6.59. The van der Waals surface area contributed by atoms with E-state index in [1.807, 2.05) is 18.5 Å².